The highest BCUT2D eigenvalue weighted by molar-refractivity contribution is 5.95. The van der Waals surface area contributed by atoms with E-state index < -0.39 is 17.9 Å². The number of halogens is 1. The fourth-order valence-electron chi connectivity index (χ4n) is 2.10. The molecule has 0 aliphatic rings. The van der Waals surface area contributed by atoms with E-state index in [2.05, 4.69) is 10.4 Å². The summed E-state index contributed by atoms with van der Waals surface area (Å²) >= 11 is 0. The lowest BCUT2D eigenvalue weighted by Gasteiger charge is -2.18. The first-order chi connectivity index (χ1) is 10.9. The van der Waals surface area contributed by atoms with Crippen molar-refractivity contribution in [2.24, 2.45) is 7.05 Å². The Morgan fingerprint density at radius 3 is 2.57 bits per heavy atom. The largest absolute Gasteiger partial charge is 0.476 e. The molecule has 0 aliphatic heterocycles. The fraction of sp³-hybridized carbons (Fsp3) is 0.267. The number of carbonyl (C=O) groups is 2. The molecule has 0 spiro atoms. The SMILES string of the molecule is COCC(NC(=O)c1cc(C(=O)O)nn1C)c1ccc(F)cc1. The van der Waals surface area contributed by atoms with Crippen LogP contribution in [0.15, 0.2) is 30.3 Å². The second kappa shape index (κ2) is 7.01. The second-order valence-electron chi connectivity index (χ2n) is 4.88. The molecular formula is C15H16FN3O4. The first-order valence-corrected chi connectivity index (χ1v) is 6.75. The van der Waals surface area contributed by atoms with Gasteiger partial charge in [-0.15, -0.1) is 0 Å². The number of nitrogens with zero attached hydrogens (tertiary/aromatic N) is 2. The van der Waals surface area contributed by atoms with E-state index in [1.54, 1.807) is 12.1 Å². The Morgan fingerprint density at radius 1 is 1.39 bits per heavy atom. The number of aromatic carboxylic acids is 1. The molecule has 1 atom stereocenters. The fourth-order valence-corrected chi connectivity index (χ4v) is 2.10. The number of rotatable bonds is 6. The van der Waals surface area contributed by atoms with Crippen molar-refractivity contribution >= 4 is 11.9 Å². The highest BCUT2D eigenvalue weighted by Crippen LogP contribution is 2.15. The monoisotopic (exact) mass is 321 g/mol. The van der Waals surface area contributed by atoms with E-state index in [0.717, 1.165) is 0 Å². The van der Waals surface area contributed by atoms with Gasteiger partial charge in [0.05, 0.1) is 12.6 Å². The number of ether oxygens (including phenoxy) is 1. The summed E-state index contributed by atoms with van der Waals surface area (Å²) in [7, 11) is 2.96. The van der Waals surface area contributed by atoms with Gasteiger partial charge in [-0.05, 0) is 17.7 Å². The van der Waals surface area contributed by atoms with Crippen molar-refractivity contribution in [1.82, 2.24) is 15.1 Å². The summed E-state index contributed by atoms with van der Waals surface area (Å²) in [5.41, 5.74) is 0.551. The first kappa shape index (κ1) is 16.6. The number of methoxy groups -OCH3 is 1. The van der Waals surface area contributed by atoms with Crippen molar-refractivity contribution in [3.8, 4) is 0 Å². The van der Waals surface area contributed by atoms with Crippen LogP contribution in [0.4, 0.5) is 4.39 Å². The summed E-state index contributed by atoms with van der Waals surface area (Å²) < 4.78 is 19.3. The van der Waals surface area contributed by atoms with Gasteiger partial charge in [-0.3, -0.25) is 9.48 Å². The highest BCUT2D eigenvalue weighted by atomic mass is 19.1. The highest BCUT2D eigenvalue weighted by Gasteiger charge is 2.20. The van der Waals surface area contributed by atoms with E-state index >= 15 is 0 Å². The number of benzene rings is 1. The van der Waals surface area contributed by atoms with Crippen LogP contribution in [-0.2, 0) is 11.8 Å². The summed E-state index contributed by atoms with van der Waals surface area (Å²) in [6.07, 6.45) is 0. The van der Waals surface area contributed by atoms with E-state index in [1.807, 2.05) is 0 Å². The lowest BCUT2D eigenvalue weighted by Crippen LogP contribution is -2.32. The van der Waals surface area contributed by atoms with Crippen molar-refractivity contribution in [1.29, 1.82) is 0 Å². The summed E-state index contributed by atoms with van der Waals surface area (Å²) in [6.45, 7) is 0.182. The molecule has 1 unspecified atom stereocenters. The molecule has 0 saturated heterocycles. The number of amides is 1. The Labute approximate surface area is 131 Å². The predicted molar refractivity (Wildman–Crippen MR) is 78.7 cm³/mol. The van der Waals surface area contributed by atoms with E-state index in [-0.39, 0.29) is 23.8 Å². The van der Waals surface area contributed by atoms with Crippen LogP contribution in [0.1, 0.15) is 32.6 Å². The minimum absolute atomic E-state index is 0.102. The van der Waals surface area contributed by atoms with Crippen molar-refractivity contribution in [3.05, 3.63) is 53.1 Å². The molecule has 2 N–H and O–H groups in total. The summed E-state index contributed by atoms with van der Waals surface area (Å²) in [4.78, 5) is 23.2. The molecule has 0 aliphatic carbocycles. The molecule has 23 heavy (non-hydrogen) atoms. The third-order valence-corrected chi connectivity index (χ3v) is 3.24. The van der Waals surface area contributed by atoms with Crippen LogP contribution in [-0.4, -0.2) is 40.5 Å². The van der Waals surface area contributed by atoms with Gasteiger partial charge in [-0.25, -0.2) is 9.18 Å². The zero-order valence-corrected chi connectivity index (χ0v) is 12.6. The van der Waals surface area contributed by atoms with E-state index in [0.29, 0.717) is 5.56 Å². The lowest BCUT2D eigenvalue weighted by atomic mass is 10.1. The van der Waals surface area contributed by atoms with Crippen LogP contribution in [0, 0.1) is 5.82 Å². The number of hydrogen-bond acceptors (Lipinski definition) is 4. The van der Waals surface area contributed by atoms with Gasteiger partial charge in [0.25, 0.3) is 5.91 Å². The number of carbonyl (C=O) groups excluding carboxylic acids is 1. The van der Waals surface area contributed by atoms with Crippen molar-refractivity contribution in [2.45, 2.75) is 6.04 Å². The number of hydrogen-bond donors (Lipinski definition) is 2. The predicted octanol–water partition coefficient (Wildman–Crippen LogP) is 1.37. The molecule has 2 rings (SSSR count). The van der Waals surface area contributed by atoms with Crippen LogP contribution in [0.5, 0.6) is 0 Å². The Morgan fingerprint density at radius 2 is 2.04 bits per heavy atom. The summed E-state index contributed by atoms with van der Waals surface area (Å²) in [6, 6.07) is 6.35. The summed E-state index contributed by atoms with van der Waals surface area (Å²) in [5, 5.41) is 15.4. The third kappa shape index (κ3) is 3.92. The number of carboxylic acids is 1. The third-order valence-electron chi connectivity index (χ3n) is 3.24. The lowest BCUT2D eigenvalue weighted by molar-refractivity contribution is 0.0689. The molecule has 1 heterocycles. The average Bonchev–Trinajstić information content (AvgIpc) is 2.90. The zero-order chi connectivity index (χ0) is 17.0. The van der Waals surface area contributed by atoms with Gasteiger partial charge >= 0.3 is 5.97 Å². The quantitative estimate of drug-likeness (QED) is 0.838. The minimum atomic E-state index is -1.22. The van der Waals surface area contributed by atoms with Gasteiger partial charge in [0.2, 0.25) is 0 Å². The van der Waals surface area contributed by atoms with Crippen LogP contribution in [0.2, 0.25) is 0 Å². The van der Waals surface area contributed by atoms with E-state index in [4.69, 9.17) is 9.84 Å². The molecule has 0 bridgehead atoms. The number of aromatic nitrogens is 2. The molecule has 122 valence electrons. The molecule has 2 aromatic rings. The molecule has 0 radical (unpaired) electrons. The van der Waals surface area contributed by atoms with Crippen LogP contribution in [0.3, 0.4) is 0 Å². The topological polar surface area (TPSA) is 93.4 Å². The second-order valence-corrected chi connectivity index (χ2v) is 4.88. The van der Waals surface area contributed by atoms with Crippen molar-refractivity contribution in [2.75, 3.05) is 13.7 Å². The molecule has 0 saturated carbocycles. The maximum Gasteiger partial charge on any atom is 0.356 e. The van der Waals surface area contributed by atoms with Crippen LogP contribution in [0.25, 0.3) is 0 Å². The molecule has 1 aromatic heterocycles. The molecule has 1 aromatic carbocycles. The molecule has 0 fully saturated rings. The first-order valence-electron chi connectivity index (χ1n) is 6.75. The van der Waals surface area contributed by atoms with Gasteiger partial charge in [-0.1, -0.05) is 12.1 Å². The Bertz CT molecular complexity index is 712. The summed E-state index contributed by atoms with van der Waals surface area (Å²) in [5.74, 6) is -2.10. The van der Waals surface area contributed by atoms with Gasteiger partial charge in [0.15, 0.2) is 5.69 Å². The Hall–Kier alpha value is -2.74. The Kier molecular flexibility index (Phi) is 5.07. The van der Waals surface area contributed by atoms with Crippen LogP contribution < -0.4 is 5.32 Å². The number of aryl methyl sites for hydroxylation is 1. The standard InChI is InChI=1S/C15H16FN3O4/c1-19-13(7-11(18-19)15(21)22)14(20)17-12(8-23-2)9-3-5-10(16)6-4-9/h3-7,12H,8H2,1-2H3,(H,17,20)(H,21,22). The van der Waals surface area contributed by atoms with Crippen LogP contribution >= 0.6 is 0 Å². The smallest absolute Gasteiger partial charge is 0.356 e. The van der Waals surface area contributed by atoms with Gasteiger partial charge in [0, 0.05) is 20.2 Å². The maximum atomic E-state index is 13.0. The normalized spacial score (nSPS) is 12.0. The average molecular weight is 321 g/mol. The van der Waals surface area contributed by atoms with Gasteiger partial charge in [-0.2, -0.15) is 5.10 Å². The van der Waals surface area contributed by atoms with Gasteiger partial charge < -0.3 is 15.2 Å². The van der Waals surface area contributed by atoms with Crippen molar-refractivity contribution in [3.63, 3.8) is 0 Å². The number of nitrogens with one attached hydrogen (secondary N) is 1. The maximum absolute atomic E-state index is 13.0. The molecule has 8 heteroatoms. The van der Waals surface area contributed by atoms with E-state index in [1.165, 1.54) is 37.0 Å². The van der Waals surface area contributed by atoms with Gasteiger partial charge in [0.1, 0.15) is 11.5 Å². The molecule has 1 amide bonds. The molecular weight excluding hydrogens is 305 g/mol. The van der Waals surface area contributed by atoms with E-state index in [9.17, 15) is 14.0 Å². The zero-order valence-electron chi connectivity index (χ0n) is 12.6. The Balaban J connectivity index is 2.21. The number of carboxylic acid groups (broad SMARTS) is 1. The minimum Gasteiger partial charge on any atom is -0.476 e. The molecule has 7 nitrogen and oxygen atoms in total. The van der Waals surface area contributed by atoms with Crippen molar-refractivity contribution < 1.29 is 23.8 Å².